The van der Waals surface area contributed by atoms with Crippen LogP contribution in [0.2, 0.25) is 0 Å². The molecule has 2 nitrogen and oxygen atoms in total. The maximum Gasteiger partial charge on any atom is 0.259 e. The minimum absolute atomic E-state index is 0.106. The number of benzene rings is 2. The molecular weight excluding hydrogens is 248 g/mol. The molecule has 2 aromatic rings. The zero-order valence-electron chi connectivity index (χ0n) is 10.0. The monoisotopic (exact) mass is 260 g/mol. The van der Waals surface area contributed by atoms with Gasteiger partial charge in [0.15, 0.2) is 6.61 Å². The number of hydrogen-bond donors (Lipinski definition) is 0. The Morgan fingerprint density at radius 1 is 1.00 bits per heavy atom. The summed E-state index contributed by atoms with van der Waals surface area (Å²) < 4.78 is 5.20. The van der Waals surface area contributed by atoms with Crippen LogP contribution in [0, 0.1) is 6.92 Å². The molecule has 0 radical (unpaired) electrons. The number of aryl methyl sites for hydroxylation is 1. The van der Waals surface area contributed by atoms with Crippen molar-refractivity contribution in [3.05, 3.63) is 54.1 Å². The van der Waals surface area contributed by atoms with Crippen molar-refractivity contribution in [2.24, 2.45) is 0 Å². The molecule has 18 heavy (non-hydrogen) atoms. The molecule has 0 saturated carbocycles. The highest BCUT2D eigenvalue weighted by Gasteiger charge is 2.00. The Hall–Kier alpha value is -1.80. The van der Waals surface area contributed by atoms with Gasteiger partial charge in [-0.1, -0.05) is 42.0 Å². The number of ether oxygens (including phenoxy) is 1. The Morgan fingerprint density at radius 2 is 1.50 bits per heavy atom. The van der Waals surface area contributed by atoms with Crippen LogP contribution in [0.3, 0.4) is 0 Å². The summed E-state index contributed by atoms with van der Waals surface area (Å²) in [7, 11) is 0. The minimum atomic E-state index is -0.502. The van der Waals surface area contributed by atoms with E-state index >= 15 is 0 Å². The third kappa shape index (κ3) is 3.34. The van der Waals surface area contributed by atoms with Crippen molar-refractivity contribution in [2.75, 3.05) is 6.61 Å². The fourth-order valence-corrected chi connectivity index (χ4v) is 1.68. The van der Waals surface area contributed by atoms with Gasteiger partial charge in [-0.3, -0.25) is 4.79 Å². The summed E-state index contributed by atoms with van der Waals surface area (Å²) in [5, 5.41) is -0.502. The maximum atomic E-state index is 10.6. The van der Waals surface area contributed by atoms with E-state index in [1.807, 2.05) is 24.3 Å². The molecule has 0 amide bonds. The second-order valence-electron chi connectivity index (χ2n) is 4.03. The van der Waals surface area contributed by atoms with Crippen LogP contribution in [0.15, 0.2) is 48.5 Å². The van der Waals surface area contributed by atoms with Gasteiger partial charge < -0.3 is 4.74 Å². The first kappa shape index (κ1) is 12.7. The zero-order chi connectivity index (χ0) is 13.0. The molecule has 3 heteroatoms. The topological polar surface area (TPSA) is 26.3 Å². The van der Waals surface area contributed by atoms with Crippen LogP contribution in [-0.4, -0.2) is 11.8 Å². The Morgan fingerprint density at radius 3 is 2.00 bits per heavy atom. The van der Waals surface area contributed by atoms with E-state index < -0.39 is 5.24 Å². The van der Waals surface area contributed by atoms with Crippen molar-refractivity contribution in [2.45, 2.75) is 6.92 Å². The summed E-state index contributed by atoms with van der Waals surface area (Å²) in [5.74, 6) is 0.639. The van der Waals surface area contributed by atoms with Gasteiger partial charge in [-0.15, -0.1) is 0 Å². The largest absolute Gasteiger partial charge is 0.484 e. The molecule has 0 aliphatic rings. The number of hydrogen-bond acceptors (Lipinski definition) is 2. The third-order valence-electron chi connectivity index (χ3n) is 2.59. The number of rotatable bonds is 4. The van der Waals surface area contributed by atoms with Gasteiger partial charge in [0.25, 0.3) is 5.24 Å². The fraction of sp³-hybridized carbons (Fsp3) is 0.133. The van der Waals surface area contributed by atoms with E-state index in [0.29, 0.717) is 5.75 Å². The highest BCUT2D eigenvalue weighted by molar-refractivity contribution is 6.63. The van der Waals surface area contributed by atoms with Crippen LogP contribution in [0.5, 0.6) is 5.75 Å². The van der Waals surface area contributed by atoms with Gasteiger partial charge in [-0.05, 0) is 41.8 Å². The molecule has 0 spiro atoms. The fourth-order valence-electron chi connectivity index (χ4n) is 1.63. The Balaban J connectivity index is 2.12. The molecule has 0 aliphatic heterocycles. The average molecular weight is 261 g/mol. The quantitative estimate of drug-likeness (QED) is 0.782. The van der Waals surface area contributed by atoms with E-state index in [9.17, 15) is 4.79 Å². The van der Waals surface area contributed by atoms with Crippen LogP contribution in [0.1, 0.15) is 5.56 Å². The number of carbonyl (C=O) groups is 1. The predicted molar refractivity (Wildman–Crippen MR) is 73.0 cm³/mol. The maximum absolute atomic E-state index is 10.6. The number of halogens is 1. The summed E-state index contributed by atoms with van der Waals surface area (Å²) in [5.41, 5.74) is 3.50. The van der Waals surface area contributed by atoms with Crippen molar-refractivity contribution in [1.29, 1.82) is 0 Å². The molecule has 2 aromatic carbocycles. The van der Waals surface area contributed by atoms with Gasteiger partial charge >= 0.3 is 0 Å². The normalized spacial score (nSPS) is 10.1. The van der Waals surface area contributed by atoms with Crippen LogP contribution >= 0.6 is 11.6 Å². The van der Waals surface area contributed by atoms with Gasteiger partial charge in [-0.25, -0.2) is 0 Å². The Kier molecular flexibility index (Phi) is 4.00. The van der Waals surface area contributed by atoms with Gasteiger partial charge in [0.2, 0.25) is 0 Å². The molecular formula is C15H13ClO2. The first-order valence-corrected chi connectivity index (χ1v) is 6.01. The highest BCUT2D eigenvalue weighted by atomic mass is 35.5. The predicted octanol–water partition coefficient (Wildman–Crippen LogP) is 3.81. The Bertz CT molecular complexity index is 529. The van der Waals surface area contributed by atoms with Crippen LogP contribution < -0.4 is 4.74 Å². The first-order chi connectivity index (χ1) is 8.65. The van der Waals surface area contributed by atoms with E-state index in [-0.39, 0.29) is 6.61 Å². The molecule has 0 fully saturated rings. The molecule has 0 atom stereocenters. The second kappa shape index (κ2) is 5.69. The number of carbonyl (C=O) groups excluding carboxylic acids is 1. The van der Waals surface area contributed by atoms with E-state index in [2.05, 4.69) is 31.2 Å². The molecule has 2 rings (SSSR count). The highest BCUT2D eigenvalue weighted by Crippen LogP contribution is 2.22. The van der Waals surface area contributed by atoms with Crippen LogP contribution in [-0.2, 0) is 4.79 Å². The van der Waals surface area contributed by atoms with Crippen LogP contribution in [0.4, 0.5) is 0 Å². The summed E-state index contributed by atoms with van der Waals surface area (Å²) in [4.78, 5) is 10.6. The van der Waals surface area contributed by atoms with Gasteiger partial charge in [0.05, 0.1) is 0 Å². The van der Waals surface area contributed by atoms with E-state index in [0.717, 1.165) is 11.1 Å². The zero-order valence-corrected chi connectivity index (χ0v) is 10.8. The van der Waals surface area contributed by atoms with Crippen molar-refractivity contribution in [3.8, 4) is 16.9 Å². The Labute approximate surface area is 111 Å². The van der Waals surface area contributed by atoms with E-state index in [1.54, 1.807) is 0 Å². The molecule has 0 N–H and O–H groups in total. The van der Waals surface area contributed by atoms with Crippen LogP contribution in [0.25, 0.3) is 11.1 Å². The van der Waals surface area contributed by atoms with Crippen molar-refractivity contribution >= 4 is 16.8 Å². The van der Waals surface area contributed by atoms with Gasteiger partial charge in [-0.2, -0.15) is 0 Å². The second-order valence-corrected chi connectivity index (χ2v) is 4.46. The lowest BCUT2D eigenvalue weighted by atomic mass is 10.0. The van der Waals surface area contributed by atoms with E-state index in [4.69, 9.17) is 16.3 Å². The molecule has 0 aliphatic carbocycles. The average Bonchev–Trinajstić information content (AvgIpc) is 2.38. The van der Waals surface area contributed by atoms with Crippen molar-refractivity contribution in [1.82, 2.24) is 0 Å². The lowest BCUT2D eigenvalue weighted by Gasteiger charge is -2.05. The molecule has 0 saturated heterocycles. The summed E-state index contributed by atoms with van der Waals surface area (Å²) >= 11 is 5.21. The summed E-state index contributed by atoms with van der Waals surface area (Å²) in [6.07, 6.45) is 0. The summed E-state index contributed by atoms with van der Waals surface area (Å²) in [6.45, 7) is 1.95. The minimum Gasteiger partial charge on any atom is -0.484 e. The molecule has 0 unspecified atom stereocenters. The first-order valence-electron chi connectivity index (χ1n) is 5.63. The lowest BCUT2D eigenvalue weighted by molar-refractivity contribution is -0.113. The van der Waals surface area contributed by atoms with Crippen molar-refractivity contribution < 1.29 is 9.53 Å². The smallest absolute Gasteiger partial charge is 0.259 e. The van der Waals surface area contributed by atoms with Gasteiger partial charge in [0.1, 0.15) is 5.75 Å². The van der Waals surface area contributed by atoms with Gasteiger partial charge in [0, 0.05) is 0 Å². The molecule has 0 aromatic heterocycles. The lowest BCUT2D eigenvalue weighted by Crippen LogP contribution is -2.03. The molecule has 0 heterocycles. The van der Waals surface area contributed by atoms with E-state index in [1.165, 1.54) is 5.56 Å². The SMILES string of the molecule is Cc1ccc(-c2ccc(OCC(=O)Cl)cc2)cc1. The standard InChI is InChI=1S/C15H13ClO2/c1-11-2-4-12(5-3-11)13-6-8-14(9-7-13)18-10-15(16)17/h2-9H,10H2,1H3. The molecule has 92 valence electrons. The summed E-state index contributed by atoms with van der Waals surface area (Å²) in [6, 6.07) is 15.9. The van der Waals surface area contributed by atoms with Crippen molar-refractivity contribution in [3.63, 3.8) is 0 Å². The molecule has 0 bridgehead atoms. The third-order valence-corrected chi connectivity index (χ3v) is 2.70.